The Morgan fingerprint density at radius 1 is 1.22 bits per heavy atom. The van der Waals surface area contributed by atoms with E-state index >= 15 is 0 Å². The first kappa shape index (κ1) is 17.1. The van der Waals surface area contributed by atoms with Crippen LogP contribution in [0.2, 0.25) is 0 Å². The molecule has 0 aliphatic heterocycles. The largest absolute Gasteiger partial charge is 0.449 e. The maximum absolute atomic E-state index is 13.2. The summed E-state index contributed by atoms with van der Waals surface area (Å²) in [4.78, 5) is 24.1. The molecule has 0 fully saturated rings. The fourth-order valence-corrected chi connectivity index (χ4v) is 2.31. The van der Waals surface area contributed by atoms with Gasteiger partial charge in [0.15, 0.2) is 6.10 Å². The van der Waals surface area contributed by atoms with E-state index in [9.17, 15) is 14.0 Å². The molecule has 0 saturated heterocycles. The van der Waals surface area contributed by atoms with Crippen molar-refractivity contribution in [2.45, 2.75) is 20.0 Å². The first-order chi connectivity index (χ1) is 10.9. The van der Waals surface area contributed by atoms with Crippen molar-refractivity contribution < 1.29 is 18.7 Å². The number of esters is 1. The van der Waals surface area contributed by atoms with E-state index in [1.54, 1.807) is 12.1 Å². The second-order valence-electron chi connectivity index (χ2n) is 5.03. The number of ether oxygens (including phenoxy) is 1. The Bertz CT molecular complexity index is 748. The Labute approximate surface area is 141 Å². The van der Waals surface area contributed by atoms with Crippen molar-refractivity contribution in [2.24, 2.45) is 0 Å². The molecule has 120 valence electrons. The van der Waals surface area contributed by atoms with Crippen molar-refractivity contribution in [3.8, 4) is 0 Å². The Hall–Kier alpha value is -2.21. The van der Waals surface area contributed by atoms with Crippen molar-refractivity contribution in [2.75, 3.05) is 5.32 Å². The highest BCUT2D eigenvalue weighted by atomic mass is 79.9. The Kier molecular flexibility index (Phi) is 5.50. The zero-order valence-corrected chi connectivity index (χ0v) is 14.2. The van der Waals surface area contributed by atoms with Crippen LogP contribution in [0.1, 0.15) is 22.8 Å². The standard InChI is InChI=1S/C17H15BrFNO3/c1-10-4-3-5-13(8-10)20-16(21)11(2)23-17(22)14-9-12(19)6-7-15(14)18/h3-9,11H,1-2H3,(H,20,21)/t11-/m0/s1. The molecule has 0 heterocycles. The highest BCUT2D eigenvalue weighted by Crippen LogP contribution is 2.19. The summed E-state index contributed by atoms with van der Waals surface area (Å²) in [5.74, 6) is -1.79. The van der Waals surface area contributed by atoms with E-state index in [1.807, 2.05) is 19.1 Å². The summed E-state index contributed by atoms with van der Waals surface area (Å²) >= 11 is 3.15. The highest BCUT2D eigenvalue weighted by Gasteiger charge is 2.21. The van der Waals surface area contributed by atoms with Crippen LogP contribution in [0.25, 0.3) is 0 Å². The van der Waals surface area contributed by atoms with Crippen LogP contribution in [0.3, 0.4) is 0 Å². The van der Waals surface area contributed by atoms with Crippen LogP contribution >= 0.6 is 15.9 Å². The van der Waals surface area contributed by atoms with Crippen molar-refractivity contribution in [3.05, 3.63) is 63.9 Å². The van der Waals surface area contributed by atoms with Gasteiger partial charge in [0.1, 0.15) is 5.82 Å². The minimum atomic E-state index is -1.02. The van der Waals surface area contributed by atoms with E-state index in [0.717, 1.165) is 11.6 Å². The van der Waals surface area contributed by atoms with Gasteiger partial charge in [-0.05, 0) is 65.7 Å². The molecule has 0 radical (unpaired) electrons. The fourth-order valence-electron chi connectivity index (χ4n) is 1.90. The predicted molar refractivity (Wildman–Crippen MR) is 88.8 cm³/mol. The summed E-state index contributed by atoms with van der Waals surface area (Å²) < 4.78 is 18.7. The molecule has 0 spiro atoms. The fraction of sp³-hybridized carbons (Fsp3) is 0.176. The molecule has 1 amide bonds. The molecule has 2 aromatic carbocycles. The van der Waals surface area contributed by atoms with Gasteiger partial charge in [-0.2, -0.15) is 0 Å². The van der Waals surface area contributed by atoms with Gasteiger partial charge in [0.05, 0.1) is 5.56 Å². The van der Waals surface area contributed by atoms with E-state index in [-0.39, 0.29) is 5.56 Å². The number of halogens is 2. The molecule has 6 heteroatoms. The maximum atomic E-state index is 13.2. The SMILES string of the molecule is Cc1cccc(NC(=O)[C@H](C)OC(=O)c2cc(F)ccc2Br)c1. The molecule has 0 aromatic heterocycles. The zero-order chi connectivity index (χ0) is 17.0. The van der Waals surface area contributed by atoms with E-state index in [1.165, 1.54) is 19.1 Å². The molecular formula is C17H15BrFNO3. The number of amides is 1. The maximum Gasteiger partial charge on any atom is 0.340 e. The van der Waals surface area contributed by atoms with Gasteiger partial charge in [-0.3, -0.25) is 4.79 Å². The van der Waals surface area contributed by atoms with Crippen LogP contribution in [0.4, 0.5) is 10.1 Å². The van der Waals surface area contributed by atoms with E-state index in [0.29, 0.717) is 10.2 Å². The lowest BCUT2D eigenvalue weighted by Crippen LogP contribution is -2.30. The quantitative estimate of drug-likeness (QED) is 0.814. The van der Waals surface area contributed by atoms with Gasteiger partial charge < -0.3 is 10.1 Å². The molecule has 1 N–H and O–H groups in total. The highest BCUT2D eigenvalue weighted by molar-refractivity contribution is 9.10. The van der Waals surface area contributed by atoms with Gasteiger partial charge in [0.25, 0.3) is 5.91 Å². The smallest absolute Gasteiger partial charge is 0.340 e. The minimum absolute atomic E-state index is 0.0280. The number of carbonyl (C=O) groups excluding carboxylic acids is 2. The lowest BCUT2D eigenvalue weighted by molar-refractivity contribution is -0.123. The molecule has 0 saturated carbocycles. The number of carbonyl (C=O) groups is 2. The average molecular weight is 380 g/mol. The summed E-state index contributed by atoms with van der Waals surface area (Å²) in [6.45, 7) is 3.36. The molecule has 0 bridgehead atoms. The lowest BCUT2D eigenvalue weighted by atomic mass is 10.2. The molecular weight excluding hydrogens is 365 g/mol. The van der Waals surface area contributed by atoms with Crippen LogP contribution < -0.4 is 5.32 Å². The third kappa shape index (κ3) is 4.63. The summed E-state index contributed by atoms with van der Waals surface area (Å²) in [6, 6.07) is 10.9. The van der Waals surface area contributed by atoms with E-state index < -0.39 is 23.8 Å². The Morgan fingerprint density at radius 2 is 1.96 bits per heavy atom. The molecule has 0 aliphatic carbocycles. The molecule has 0 aliphatic rings. The van der Waals surface area contributed by atoms with Crippen LogP contribution in [0.5, 0.6) is 0 Å². The first-order valence-electron chi connectivity index (χ1n) is 6.90. The van der Waals surface area contributed by atoms with Gasteiger partial charge in [0.2, 0.25) is 0 Å². The zero-order valence-electron chi connectivity index (χ0n) is 12.6. The van der Waals surface area contributed by atoms with Gasteiger partial charge >= 0.3 is 5.97 Å². The number of hydrogen-bond donors (Lipinski definition) is 1. The summed E-state index contributed by atoms with van der Waals surface area (Å²) in [6.07, 6.45) is -1.02. The number of aryl methyl sites for hydroxylation is 1. The van der Waals surface area contributed by atoms with Crippen molar-refractivity contribution in [1.29, 1.82) is 0 Å². The molecule has 2 aromatic rings. The number of benzene rings is 2. The Morgan fingerprint density at radius 3 is 2.65 bits per heavy atom. The molecule has 4 nitrogen and oxygen atoms in total. The molecule has 23 heavy (non-hydrogen) atoms. The van der Waals surface area contributed by atoms with Crippen LogP contribution in [0, 0.1) is 12.7 Å². The Balaban J connectivity index is 2.03. The number of rotatable bonds is 4. The summed E-state index contributed by atoms with van der Waals surface area (Å²) in [5.41, 5.74) is 1.64. The predicted octanol–water partition coefficient (Wildman–Crippen LogP) is 4.08. The number of anilines is 1. The monoisotopic (exact) mass is 379 g/mol. The van der Waals surface area contributed by atoms with Crippen molar-refractivity contribution >= 4 is 33.5 Å². The minimum Gasteiger partial charge on any atom is -0.449 e. The van der Waals surface area contributed by atoms with Crippen molar-refractivity contribution in [3.63, 3.8) is 0 Å². The second-order valence-corrected chi connectivity index (χ2v) is 5.88. The van der Waals surface area contributed by atoms with Gasteiger partial charge in [-0.1, -0.05) is 12.1 Å². The summed E-state index contributed by atoms with van der Waals surface area (Å²) in [7, 11) is 0. The third-order valence-electron chi connectivity index (χ3n) is 3.09. The number of nitrogens with one attached hydrogen (secondary N) is 1. The van der Waals surface area contributed by atoms with E-state index in [4.69, 9.17) is 4.74 Å². The third-order valence-corrected chi connectivity index (χ3v) is 3.78. The number of hydrogen-bond acceptors (Lipinski definition) is 3. The van der Waals surface area contributed by atoms with E-state index in [2.05, 4.69) is 21.2 Å². The van der Waals surface area contributed by atoms with Crippen LogP contribution in [-0.2, 0) is 9.53 Å². The average Bonchev–Trinajstić information content (AvgIpc) is 2.49. The van der Waals surface area contributed by atoms with Crippen LogP contribution in [0.15, 0.2) is 46.9 Å². The summed E-state index contributed by atoms with van der Waals surface area (Å²) in [5, 5.41) is 2.66. The first-order valence-corrected chi connectivity index (χ1v) is 7.69. The topological polar surface area (TPSA) is 55.4 Å². The van der Waals surface area contributed by atoms with Crippen LogP contribution in [-0.4, -0.2) is 18.0 Å². The molecule has 1 atom stereocenters. The normalized spacial score (nSPS) is 11.7. The van der Waals surface area contributed by atoms with Gasteiger partial charge in [0, 0.05) is 10.2 Å². The molecule has 0 unspecified atom stereocenters. The van der Waals surface area contributed by atoms with Gasteiger partial charge in [-0.25, -0.2) is 9.18 Å². The molecule has 2 rings (SSSR count). The van der Waals surface area contributed by atoms with Gasteiger partial charge in [-0.15, -0.1) is 0 Å². The lowest BCUT2D eigenvalue weighted by Gasteiger charge is -2.14. The van der Waals surface area contributed by atoms with Crippen molar-refractivity contribution in [1.82, 2.24) is 0 Å². The second kappa shape index (κ2) is 7.37.